The highest BCUT2D eigenvalue weighted by Crippen LogP contribution is 2.44. The van der Waals surface area contributed by atoms with E-state index in [1.807, 2.05) is 11.5 Å². The molecule has 0 radical (unpaired) electrons. The van der Waals surface area contributed by atoms with Gasteiger partial charge in [0.25, 0.3) is 0 Å². The van der Waals surface area contributed by atoms with Gasteiger partial charge in [0.15, 0.2) is 18.2 Å². The molecule has 0 spiro atoms. The lowest BCUT2D eigenvalue weighted by Gasteiger charge is -2.22. The number of carbonyl (C=O) groups is 1. The normalized spacial score (nSPS) is 21.3. The number of imidazole rings is 1. The minimum Gasteiger partial charge on any atom is -0.349 e. The van der Waals surface area contributed by atoms with E-state index in [4.69, 9.17) is 0 Å². The van der Waals surface area contributed by atoms with Gasteiger partial charge in [0.1, 0.15) is 12.5 Å². The van der Waals surface area contributed by atoms with Crippen LogP contribution in [0.2, 0.25) is 0 Å². The van der Waals surface area contributed by atoms with Crippen molar-refractivity contribution >= 4 is 29.3 Å². The van der Waals surface area contributed by atoms with Gasteiger partial charge in [-0.25, -0.2) is 22.7 Å². The number of hydrogen-bond donors (Lipinski definition) is 1. The molecule has 2 aromatic carbocycles. The van der Waals surface area contributed by atoms with Crippen molar-refractivity contribution in [3.05, 3.63) is 60.2 Å². The Morgan fingerprint density at radius 1 is 1.21 bits per heavy atom. The Morgan fingerprint density at radius 3 is 2.64 bits per heavy atom. The zero-order valence-corrected chi connectivity index (χ0v) is 18.8. The summed E-state index contributed by atoms with van der Waals surface area (Å²) in [6.45, 7) is 8.92. The number of hydrogen-bond acceptors (Lipinski definition) is 2. The van der Waals surface area contributed by atoms with E-state index in [1.54, 1.807) is 23.0 Å². The van der Waals surface area contributed by atoms with Crippen LogP contribution in [-0.4, -0.2) is 39.8 Å². The molecule has 1 amide bonds. The van der Waals surface area contributed by atoms with Gasteiger partial charge in [-0.2, -0.15) is 0 Å². The molecule has 4 rings (SSSR count). The monoisotopic (exact) mass is 457 g/mol. The Morgan fingerprint density at radius 2 is 1.91 bits per heavy atom. The largest absolute Gasteiger partial charge is 0.349 e. The summed E-state index contributed by atoms with van der Waals surface area (Å²) in [6.07, 6.45) is 3.23. The number of rotatable bonds is 7. The van der Waals surface area contributed by atoms with Crippen molar-refractivity contribution in [1.29, 1.82) is 0 Å². The SMILES string of the molecule is C=[N+](CCNC(=O)C(C)C1CC(n2cnc3cc(F)c(F)cc32)CC1C)c1ccc(F)cc1. The van der Waals surface area contributed by atoms with Gasteiger partial charge >= 0.3 is 0 Å². The van der Waals surface area contributed by atoms with Gasteiger partial charge < -0.3 is 9.88 Å². The maximum atomic E-state index is 13.8. The fourth-order valence-corrected chi connectivity index (χ4v) is 4.93. The molecule has 8 heteroatoms. The highest BCUT2D eigenvalue weighted by molar-refractivity contribution is 5.78. The molecular formula is C25H28F3N4O+. The van der Waals surface area contributed by atoms with Crippen LogP contribution in [0.3, 0.4) is 0 Å². The van der Waals surface area contributed by atoms with Gasteiger partial charge in [-0.1, -0.05) is 13.8 Å². The quantitative estimate of drug-likeness (QED) is 0.408. The van der Waals surface area contributed by atoms with Crippen LogP contribution in [0.15, 0.2) is 42.7 Å². The highest BCUT2D eigenvalue weighted by Gasteiger charge is 2.38. The predicted molar refractivity (Wildman–Crippen MR) is 121 cm³/mol. The van der Waals surface area contributed by atoms with E-state index in [0.717, 1.165) is 24.6 Å². The summed E-state index contributed by atoms with van der Waals surface area (Å²) in [6, 6.07) is 8.42. The number of carbonyl (C=O) groups excluding carboxylic acids is 1. The zero-order valence-electron chi connectivity index (χ0n) is 18.8. The first-order chi connectivity index (χ1) is 15.7. The molecule has 5 nitrogen and oxygen atoms in total. The van der Waals surface area contributed by atoms with Crippen LogP contribution in [0, 0.1) is 35.2 Å². The van der Waals surface area contributed by atoms with Crippen molar-refractivity contribution in [3.63, 3.8) is 0 Å². The number of nitrogens with zero attached hydrogens (tertiary/aromatic N) is 3. The van der Waals surface area contributed by atoms with E-state index in [1.165, 1.54) is 18.2 Å². The molecule has 0 bridgehead atoms. The smallest absolute Gasteiger partial charge is 0.223 e. The number of benzene rings is 2. The molecule has 4 unspecified atom stereocenters. The lowest BCUT2D eigenvalue weighted by atomic mass is 9.85. The van der Waals surface area contributed by atoms with Crippen LogP contribution in [0.5, 0.6) is 0 Å². The Hall–Kier alpha value is -3.16. The molecule has 1 aliphatic rings. The van der Waals surface area contributed by atoms with E-state index in [9.17, 15) is 18.0 Å². The van der Waals surface area contributed by atoms with Crippen molar-refractivity contribution in [2.45, 2.75) is 32.7 Å². The fourth-order valence-electron chi connectivity index (χ4n) is 4.93. The average Bonchev–Trinajstić information content (AvgIpc) is 3.36. The molecular weight excluding hydrogens is 429 g/mol. The van der Waals surface area contributed by atoms with Crippen molar-refractivity contribution in [2.75, 3.05) is 13.1 Å². The van der Waals surface area contributed by atoms with Gasteiger partial charge in [-0.15, -0.1) is 0 Å². The molecule has 1 N–H and O–H groups in total. The molecule has 1 heterocycles. The van der Waals surface area contributed by atoms with Crippen molar-refractivity contribution in [1.82, 2.24) is 14.9 Å². The molecule has 1 aromatic heterocycles. The van der Waals surface area contributed by atoms with Gasteiger partial charge in [-0.05, 0) is 36.8 Å². The summed E-state index contributed by atoms with van der Waals surface area (Å²) in [7, 11) is 0. The maximum absolute atomic E-state index is 13.8. The second-order valence-electron chi connectivity index (χ2n) is 8.99. The molecule has 1 aliphatic carbocycles. The van der Waals surface area contributed by atoms with E-state index >= 15 is 0 Å². The number of halogens is 3. The molecule has 174 valence electrons. The summed E-state index contributed by atoms with van der Waals surface area (Å²) < 4.78 is 44.0. The first-order valence-electron chi connectivity index (χ1n) is 11.2. The number of amides is 1. The summed E-state index contributed by atoms with van der Waals surface area (Å²) >= 11 is 0. The highest BCUT2D eigenvalue weighted by atomic mass is 19.2. The van der Waals surface area contributed by atoms with Crippen LogP contribution in [0.25, 0.3) is 11.0 Å². The number of aromatic nitrogens is 2. The van der Waals surface area contributed by atoms with Crippen LogP contribution >= 0.6 is 0 Å². The van der Waals surface area contributed by atoms with Crippen molar-refractivity contribution < 1.29 is 22.5 Å². The minimum absolute atomic E-state index is 0.0244. The third kappa shape index (κ3) is 4.79. The van der Waals surface area contributed by atoms with E-state index in [2.05, 4.69) is 23.9 Å². The third-order valence-electron chi connectivity index (χ3n) is 6.86. The standard InChI is InChI=1S/C25H27F3N4O/c1-15-10-19(32-14-30-23-12-21(27)22(28)13-24(23)32)11-20(15)16(2)25(33)29-8-9-31(3)18-6-4-17(26)5-7-18/h4-7,12-16,19-20H,3,8-11H2,1-2H3/p+1. The lowest BCUT2D eigenvalue weighted by molar-refractivity contribution is -0.428. The van der Waals surface area contributed by atoms with Crippen LogP contribution in [0.1, 0.15) is 32.7 Å². The molecule has 1 fully saturated rings. The molecule has 1 saturated carbocycles. The van der Waals surface area contributed by atoms with Crippen LogP contribution in [0.4, 0.5) is 18.9 Å². The van der Waals surface area contributed by atoms with Gasteiger partial charge in [0, 0.05) is 36.2 Å². The number of nitrogens with one attached hydrogen (secondary N) is 1. The summed E-state index contributed by atoms with van der Waals surface area (Å²) in [5.74, 6) is -1.87. The first kappa shape index (κ1) is 23.0. The average molecular weight is 458 g/mol. The van der Waals surface area contributed by atoms with E-state index in [0.29, 0.717) is 30.0 Å². The third-order valence-corrected chi connectivity index (χ3v) is 6.86. The lowest BCUT2D eigenvalue weighted by Crippen LogP contribution is -2.37. The van der Waals surface area contributed by atoms with Gasteiger partial charge in [0.2, 0.25) is 11.6 Å². The summed E-state index contributed by atoms with van der Waals surface area (Å²) in [4.78, 5) is 17.0. The van der Waals surface area contributed by atoms with Crippen molar-refractivity contribution in [3.8, 4) is 0 Å². The predicted octanol–water partition coefficient (Wildman–Crippen LogP) is 4.84. The summed E-state index contributed by atoms with van der Waals surface area (Å²) in [5, 5.41) is 2.98. The molecule has 0 saturated heterocycles. The molecule has 3 aromatic rings. The Bertz CT molecular complexity index is 1170. The van der Waals surface area contributed by atoms with Gasteiger partial charge in [0.05, 0.1) is 23.9 Å². The second-order valence-corrected chi connectivity index (χ2v) is 8.99. The first-order valence-corrected chi connectivity index (χ1v) is 11.2. The number of fused-ring (bicyclic) bond motifs is 1. The summed E-state index contributed by atoms with van der Waals surface area (Å²) in [5.41, 5.74) is 1.77. The zero-order chi connectivity index (χ0) is 23.7. The van der Waals surface area contributed by atoms with Gasteiger partial charge in [-0.3, -0.25) is 4.79 Å². The fraction of sp³-hybridized carbons (Fsp3) is 0.400. The van der Waals surface area contributed by atoms with Crippen LogP contribution in [-0.2, 0) is 4.79 Å². The topological polar surface area (TPSA) is 49.9 Å². The maximum Gasteiger partial charge on any atom is 0.223 e. The van der Waals surface area contributed by atoms with E-state index in [-0.39, 0.29) is 29.6 Å². The second kappa shape index (κ2) is 9.37. The molecule has 4 atom stereocenters. The Balaban J connectivity index is 1.35. The Kier molecular flexibility index (Phi) is 6.54. The minimum atomic E-state index is -0.906. The van der Waals surface area contributed by atoms with Crippen LogP contribution < -0.4 is 5.32 Å². The molecule has 33 heavy (non-hydrogen) atoms. The Labute approximate surface area is 190 Å². The molecule has 0 aliphatic heterocycles. The van der Waals surface area contributed by atoms with E-state index < -0.39 is 11.6 Å². The van der Waals surface area contributed by atoms with Crippen molar-refractivity contribution in [2.24, 2.45) is 17.8 Å².